The number of rotatable bonds is 9. The smallest absolute Gasteiger partial charge is 0.261 e. The molecule has 0 spiro atoms. The predicted molar refractivity (Wildman–Crippen MR) is 138 cm³/mol. The summed E-state index contributed by atoms with van der Waals surface area (Å²) in [6, 6.07) is 18.5. The van der Waals surface area contributed by atoms with Crippen molar-refractivity contribution in [3.63, 3.8) is 0 Å². The number of hydrogen-bond donors (Lipinski definition) is 2. The third-order valence-corrected chi connectivity index (χ3v) is 7.72. The number of carbonyl (C=O) groups is 1. The predicted octanol–water partition coefficient (Wildman–Crippen LogP) is 4.45. The number of amides is 1. The molecule has 0 saturated heterocycles. The standard InChI is InChI=1S/C23H22BrN3O5S2/c1-3-16-27(33(2,29)30)21-12-4-17(5-13-21)23(28)25-19-10-14-22(15-11-19)34(31,32)26-20-8-6-18(24)7-9-20/h3-15,26H,1,16H2,2H3,(H,25,28). The second-order valence-corrected chi connectivity index (χ2v) is 11.7. The lowest BCUT2D eigenvalue weighted by Crippen LogP contribution is -2.29. The third kappa shape index (κ3) is 6.46. The Labute approximate surface area is 207 Å². The molecule has 2 N–H and O–H groups in total. The van der Waals surface area contributed by atoms with Gasteiger partial charge in [-0.2, -0.15) is 0 Å². The Hall–Kier alpha value is -3.15. The molecule has 3 aromatic rings. The lowest BCUT2D eigenvalue weighted by molar-refractivity contribution is 0.102. The first kappa shape index (κ1) is 25.5. The molecule has 0 aliphatic carbocycles. The second kappa shape index (κ2) is 10.4. The van der Waals surface area contributed by atoms with Crippen molar-refractivity contribution < 1.29 is 21.6 Å². The Balaban J connectivity index is 1.69. The number of nitrogens with one attached hydrogen (secondary N) is 2. The molecule has 0 atom stereocenters. The van der Waals surface area contributed by atoms with Crippen molar-refractivity contribution in [1.82, 2.24) is 0 Å². The summed E-state index contributed by atoms with van der Waals surface area (Å²) in [4.78, 5) is 12.6. The molecule has 0 saturated carbocycles. The minimum absolute atomic E-state index is 0.0425. The van der Waals surface area contributed by atoms with Crippen molar-refractivity contribution in [2.24, 2.45) is 0 Å². The lowest BCUT2D eigenvalue weighted by atomic mass is 10.2. The summed E-state index contributed by atoms with van der Waals surface area (Å²) < 4.78 is 53.5. The minimum Gasteiger partial charge on any atom is -0.322 e. The van der Waals surface area contributed by atoms with Gasteiger partial charge in [0.2, 0.25) is 10.0 Å². The quantitative estimate of drug-likeness (QED) is 0.373. The highest BCUT2D eigenvalue weighted by molar-refractivity contribution is 9.10. The van der Waals surface area contributed by atoms with Crippen LogP contribution in [0.5, 0.6) is 0 Å². The minimum atomic E-state index is -3.79. The Morgan fingerprint density at radius 1 is 0.912 bits per heavy atom. The van der Waals surface area contributed by atoms with Gasteiger partial charge in [-0.15, -0.1) is 6.58 Å². The number of hydrogen-bond acceptors (Lipinski definition) is 5. The molecule has 0 heterocycles. The van der Waals surface area contributed by atoms with Gasteiger partial charge in [-0.1, -0.05) is 22.0 Å². The van der Waals surface area contributed by atoms with E-state index in [-0.39, 0.29) is 11.4 Å². The second-order valence-electron chi connectivity index (χ2n) is 7.22. The number of anilines is 3. The largest absolute Gasteiger partial charge is 0.322 e. The van der Waals surface area contributed by atoms with Gasteiger partial charge in [0.1, 0.15) is 0 Å². The van der Waals surface area contributed by atoms with Crippen LogP contribution in [0, 0.1) is 0 Å². The zero-order chi connectivity index (χ0) is 24.9. The molecule has 3 aromatic carbocycles. The van der Waals surface area contributed by atoms with Gasteiger partial charge < -0.3 is 5.32 Å². The van der Waals surface area contributed by atoms with Crippen LogP contribution in [0.1, 0.15) is 10.4 Å². The monoisotopic (exact) mass is 563 g/mol. The van der Waals surface area contributed by atoms with Gasteiger partial charge >= 0.3 is 0 Å². The van der Waals surface area contributed by atoms with Crippen LogP contribution in [0.25, 0.3) is 0 Å². The first-order chi connectivity index (χ1) is 16.0. The van der Waals surface area contributed by atoms with Crippen molar-refractivity contribution >= 4 is 58.9 Å². The fourth-order valence-corrected chi connectivity index (χ4v) is 5.19. The van der Waals surface area contributed by atoms with Gasteiger partial charge in [0.15, 0.2) is 0 Å². The van der Waals surface area contributed by atoms with Crippen LogP contribution < -0.4 is 14.3 Å². The molecule has 0 bridgehead atoms. The Morgan fingerprint density at radius 3 is 2.00 bits per heavy atom. The molecule has 0 fully saturated rings. The van der Waals surface area contributed by atoms with E-state index in [1.165, 1.54) is 58.9 Å². The van der Waals surface area contributed by atoms with Crippen molar-refractivity contribution in [3.05, 3.63) is 95.5 Å². The number of nitrogens with zero attached hydrogens (tertiary/aromatic N) is 1. The number of sulfonamides is 2. The summed E-state index contributed by atoms with van der Waals surface area (Å²) in [6.45, 7) is 3.67. The summed E-state index contributed by atoms with van der Waals surface area (Å²) >= 11 is 3.30. The van der Waals surface area contributed by atoms with Crippen LogP contribution in [0.15, 0.2) is 94.8 Å². The molecular formula is C23H22BrN3O5S2. The molecule has 0 aliphatic heterocycles. The zero-order valence-corrected chi connectivity index (χ0v) is 21.3. The number of carbonyl (C=O) groups excluding carboxylic acids is 1. The lowest BCUT2D eigenvalue weighted by Gasteiger charge is -2.20. The maximum Gasteiger partial charge on any atom is 0.261 e. The van der Waals surface area contributed by atoms with E-state index in [0.717, 1.165) is 10.7 Å². The summed E-state index contributed by atoms with van der Waals surface area (Å²) in [6.07, 6.45) is 2.56. The van der Waals surface area contributed by atoms with Gasteiger partial charge in [-0.05, 0) is 72.8 Å². The maximum absolute atomic E-state index is 12.6. The Bertz CT molecular complexity index is 1390. The first-order valence-electron chi connectivity index (χ1n) is 9.88. The normalized spacial score (nSPS) is 11.5. The molecule has 34 heavy (non-hydrogen) atoms. The van der Waals surface area contributed by atoms with Crippen molar-refractivity contribution in [1.29, 1.82) is 0 Å². The van der Waals surface area contributed by atoms with Crippen molar-refractivity contribution in [2.75, 3.05) is 27.1 Å². The first-order valence-corrected chi connectivity index (χ1v) is 14.0. The molecule has 3 rings (SSSR count). The number of halogens is 1. The van der Waals surface area contributed by atoms with Crippen LogP contribution in [0.2, 0.25) is 0 Å². The van der Waals surface area contributed by atoms with E-state index in [4.69, 9.17) is 0 Å². The molecular weight excluding hydrogens is 542 g/mol. The van der Waals surface area contributed by atoms with E-state index in [1.54, 1.807) is 24.3 Å². The van der Waals surface area contributed by atoms with Gasteiger partial charge in [-0.25, -0.2) is 16.8 Å². The molecule has 0 unspecified atom stereocenters. The molecule has 1 amide bonds. The van der Waals surface area contributed by atoms with Crippen LogP contribution in [-0.4, -0.2) is 35.5 Å². The van der Waals surface area contributed by atoms with E-state index in [2.05, 4.69) is 32.5 Å². The number of benzene rings is 3. The Kier molecular flexibility index (Phi) is 7.80. The fraction of sp³-hybridized carbons (Fsp3) is 0.0870. The zero-order valence-electron chi connectivity index (χ0n) is 18.1. The molecule has 0 aliphatic rings. The summed E-state index contributed by atoms with van der Waals surface area (Å²) in [5.41, 5.74) is 1.55. The van der Waals surface area contributed by atoms with E-state index in [0.29, 0.717) is 22.6 Å². The average Bonchev–Trinajstić information content (AvgIpc) is 2.78. The molecule has 178 valence electrons. The Morgan fingerprint density at radius 2 is 1.47 bits per heavy atom. The highest BCUT2D eigenvalue weighted by Gasteiger charge is 2.17. The van der Waals surface area contributed by atoms with E-state index < -0.39 is 26.0 Å². The molecule has 0 radical (unpaired) electrons. The fourth-order valence-electron chi connectivity index (χ4n) is 2.98. The van der Waals surface area contributed by atoms with Gasteiger partial charge in [0.05, 0.1) is 23.4 Å². The van der Waals surface area contributed by atoms with Crippen molar-refractivity contribution in [3.8, 4) is 0 Å². The highest BCUT2D eigenvalue weighted by Crippen LogP contribution is 2.22. The third-order valence-electron chi connectivity index (χ3n) is 4.63. The van der Waals surface area contributed by atoms with E-state index >= 15 is 0 Å². The van der Waals surface area contributed by atoms with Gasteiger partial charge in [0.25, 0.3) is 15.9 Å². The average molecular weight is 564 g/mol. The van der Waals surface area contributed by atoms with Crippen molar-refractivity contribution in [2.45, 2.75) is 4.90 Å². The summed E-state index contributed by atoms with van der Waals surface area (Å²) in [5.74, 6) is -0.426. The molecule has 0 aromatic heterocycles. The molecule has 11 heteroatoms. The van der Waals surface area contributed by atoms with Crippen LogP contribution in [0.3, 0.4) is 0 Å². The van der Waals surface area contributed by atoms with Crippen LogP contribution in [0.4, 0.5) is 17.1 Å². The van der Waals surface area contributed by atoms with Gasteiger partial charge in [0, 0.05) is 21.4 Å². The van der Waals surface area contributed by atoms with E-state index in [1.807, 2.05) is 0 Å². The summed E-state index contributed by atoms with van der Waals surface area (Å²) in [7, 11) is -7.29. The SMILES string of the molecule is C=CCN(c1ccc(C(=O)Nc2ccc(S(=O)(=O)Nc3ccc(Br)cc3)cc2)cc1)S(C)(=O)=O. The topological polar surface area (TPSA) is 113 Å². The maximum atomic E-state index is 12.6. The highest BCUT2D eigenvalue weighted by atomic mass is 79.9. The van der Waals surface area contributed by atoms with Crippen LogP contribution in [-0.2, 0) is 20.0 Å². The van der Waals surface area contributed by atoms with Gasteiger partial charge in [-0.3, -0.25) is 13.8 Å². The van der Waals surface area contributed by atoms with Crippen LogP contribution >= 0.6 is 15.9 Å². The summed E-state index contributed by atoms with van der Waals surface area (Å²) in [5, 5.41) is 2.69. The molecule has 8 nitrogen and oxygen atoms in total. The van der Waals surface area contributed by atoms with E-state index in [9.17, 15) is 21.6 Å².